The molecule has 4 heteroatoms. The van der Waals surface area contributed by atoms with Crippen molar-refractivity contribution in [3.63, 3.8) is 0 Å². The van der Waals surface area contributed by atoms with Crippen LogP contribution in [0.5, 0.6) is 0 Å². The van der Waals surface area contributed by atoms with E-state index in [1.807, 2.05) is 0 Å². The van der Waals surface area contributed by atoms with Crippen LogP contribution in [-0.2, 0) is 4.79 Å². The van der Waals surface area contributed by atoms with Gasteiger partial charge in [-0.05, 0) is 51.4 Å². The largest absolute Gasteiger partial charge is 0.394 e. The van der Waals surface area contributed by atoms with Gasteiger partial charge >= 0.3 is 0 Å². The van der Waals surface area contributed by atoms with Crippen molar-refractivity contribution in [3.8, 4) is 0 Å². The standard InChI is InChI=1S/C51H97NO3/c1-3-5-7-9-11-12-13-14-15-16-17-18-19-20-21-22-23-24-25-26-27-28-29-30-31-32-33-34-35-36-37-38-39-40-41-43-45-47-51(55)52-49(48-53)50(54)46-44-42-10-8-6-4-2/h13-14,16-17,19-20,49-50,53-54H,3-12,15,18,21-48H2,1-2H3,(H,52,55)/b14-13-,17-16-,20-19-. The van der Waals surface area contributed by atoms with Crippen molar-refractivity contribution < 1.29 is 15.0 Å². The van der Waals surface area contributed by atoms with Crippen LogP contribution >= 0.6 is 0 Å². The summed E-state index contributed by atoms with van der Waals surface area (Å²) < 4.78 is 0. The molecule has 55 heavy (non-hydrogen) atoms. The van der Waals surface area contributed by atoms with E-state index in [9.17, 15) is 15.0 Å². The fourth-order valence-electron chi connectivity index (χ4n) is 7.60. The Morgan fingerprint density at radius 3 is 1.11 bits per heavy atom. The van der Waals surface area contributed by atoms with Gasteiger partial charge in [-0.3, -0.25) is 4.79 Å². The van der Waals surface area contributed by atoms with E-state index in [4.69, 9.17) is 0 Å². The van der Waals surface area contributed by atoms with Crippen LogP contribution in [0.3, 0.4) is 0 Å². The fraction of sp³-hybridized carbons (Fsp3) is 0.863. The maximum atomic E-state index is 12.3. The minimum atomic E-state index is -0.653. The maximum absolute atomic E-state index is 12.3. The molecule has 2 unspecified atom stereocenters. The summed E-state index contributed by atoms with van der Waals surface area (Å²) in [6.07, 6.45) is 62.9. The summed E-state index contributed by atoms with van der Waals surface area (Å²) in [4.78, 5) is 12.3. The number of hydrogen-bond acceptors (Lipinski definition) is 3. The Balaban J connectivity index is 3.33. The molecular weight excluding hydrogens is 675 g/mol. The summed E-state index contributed by atoms with van der Waals surface area (Å²) in [6.45, 7) is 4.30. The van der Waals surface area contributed by atoms with Crippen LogP contribution < -0.4 is 5.32 Å². The first-order valence-electron chi connectivity index (χ1n) is 24.7. The Hall–Kier alpha value is -1.39. The summed E-state index contributed by atoms with van der Waals surface area (Å²) in [5.74, 6) is -0.0338. The second-order valence-corrected chi connectivity index (χ2v) is 16.9. The van der Waals surface area contributed by atoms with E-state index in [1.165, 1.54) is 199 Å². The lowest BCUT2D eigenvalue weighted by molar-refractivity contribution is -0.123. The quantitative estimate of drug-likeness (QED) is 0.0426. The molecule has 2 atom stereocenters. The van der Waals surface area contributed by atoms with Gasteiger partial charge in [-0.15, -0.1) is 0 Å². The molecule has 0 aliphatic rings. The molecule has 0 radical (unpaired) electrons. The van der Waals surface area contributed by atoms with Crippen molar-refractivity contribution in [2.45, 2.75) is 276 Å². The highest BCUT2D eigenvalue weighted by Crippen LogP contribution is 2.16. The topological polar surface area (TPSA) is 69.6 Å². The third kappa shape index (κ3) is 43.6. The first-order chi connectivity index (χ1) is 27.2. The Morgan fingerprint density at radius 1 is 0.436 bits per heavy atom. The van der Waals surface area contributed by atoms with Gasteiger partial charge < -0.3 is 15.5 Å². The van der Waals surface area contributed by atoms with Crippen LogP contribution in [0.25, 0.3) is 0 Å². The molecule has 0 aliphatic heterocycles. The number of carbonyl (C=O) groups excluding carboxylic acids is 1. The minimum Gasteiger partial charge on any atom is -0.394 e. The molecular formula is C51H97NO3. The molecule has 0 spiro atoms. The molecule has 324 valence electrons. The van der Waals surface area contributed by atoms with E-state index in [0.29, 0.717) is 12.8 Å². The third-order valence-corrected chi connectivity index (χ3v) is 11.4. The van der Waals surface area contributed by atoms with Gasteiger partial charge in [0.05, 0.1) is 18.8 Å². The van der Waals surface area contributed by atoms with Crippen molar-refractivity contribution in [3.05, 3.63) is 36.5 Å². The predicted molar refractivity (Wildman–Crippen MR) is 244 cm³/mol. The van der Waals surface area contributed by atoms with Gasteiger partial charge in [0.15, 0.2) is 0 Å². The lowest BCUT2D eigenvalue weighted by Crippen LogP contribution is -2.45. The normalized spacial score (nSPS) is 13.2. The van der Waals surface area contributed by atoms with Gasteiger partial charge in [0, 0.05) is 6.42 Å². The summed E-state index contributed by atoms with van der Waals surface area (Å²) in [5, 5.41) is 22.9. The molecule has 0 bridgehead atoms. The smallest absolute Gasteiger partial charge is 0.220 e. The van der Waals surface area contributed by atoms with Gasteiger partial charge in [0.1, 0.15) is 0 Å². The van der Waals surface area contributed by atoms with Crippen molar-refractivity contribution in [1.29, 1.82) is 0 Å². The number of nitrogens with one attached hydrogen (secondary N) is 1. The van der Waals surface area contributed by atoms with Crippen molar-refractivity contribution in [2.75, 3.05) is 6.61 Å². The molecule has 1 amide bonds. The molecule has 0 heterocycles. The molecule has 0 aliphatic carbocycles. The highest BCUT2D eigenvalue weighted by atomic mass is 16.3. The maximum Gasteiger partial charge on any atom is 0.220 e. The minimum absolute atomic E-state index is 0.0338. The van der Waals surface area contributed by atoms with Gasteiger partial charge in [0.25, 0.3) is 0 Å². The zero-order valence-electron chi connectivity index (χ0n) is 37.2. The summed E-state index contributed by atoms with van der Waals surface area (Å²) in [6, 6.07) is -0.530. The number of aliphatic hydroxyl groups excluding tert-OH is 2. The Bertz CT molecular complexity index is 836. The molecule has 0 saturated carbocycles. The van der Waals surface area contributed by atoms with Gasteiger partial charge in [-0.25, -0.2) is 0 Å². The number of amides is 1. The first kappa shape index (κ1) is 53.6. The van der Waals surface area contributed by atoms with Crippen LogP contribution in [0.1, 0.15) is 264 Å². The SMILES string of the molecule is CCCCCCC/C=C\C/C=C\C/C=C\CCCCCCCCCCCCCCCCCCCCCCCCC(=O)NC(CO)C(O)CCCCCCCC. The van der Waals surface area contributed by atoms with Crippen molar-refractivity contribution in [1.82, 2.24) is 5.32 Å². The molecule has 0 aromatic carbocycles. The highest BCUT2D eigenvalue weighted by molar-refractivity contribution is 5.76. The monoisotopic (exact) mass is 772 g/mol. The van der Waals surface area contributed by atoms with E-state index in [1.54, 1.807) is 0 Å². The van der Waals surface area contributed by atoms with Gasteiger partial charge in [0.2, 0.25) is 5.91 Å². The van der Waals surface area contributed by atoms with E-state index in [2.05, 4.69) is 55.6 Å². The fourth-order valence-corrected chi connectivity index (χ4v) is 7.60. The number of hydrogen-bond donors (Lipinski definition) is 3. The summed E-state index contributed by atoms with van der Waals surface area (Å²) in [7, 11) is 0. The highest BCUT2D eigenvalue weighted by Gasteiger charge is 2.20. The summed E-state index contributed by atoms with van der Waals surface area (Å²) in [5.41, 5.74) is 0. The van der Waals surface area contributed by atoms with Crippen LogP contribution in [0.4, 0.5) is 0 Å². The van der Waals surface area contributed by atoms with Crippen molar-refractivity contribution in [2.24, 2.45) is 0 Å². The molecule has 0 aromatic rings. The Kier molecular flexibility index (Phi) is 45.8. The Labute approximate surface area is 344 Å². The van der Waals surface area contributed by atoms with Crippen LogP contribution in [0.15, 0.2) is 36.5 Å². The average Bonchev–Trinajstić information content (AvgIpc) is 3.19. The third-order valence-electron chi connectivity index (χ3n) is 11.4. The van der Waals surface area contributed by atoms with Gasteiger partial charge in [-0.1, -0.05) is 243 Å². The lowest BCUT2D eigenvalue weighted by atomic mass is 10.0. The molecule has 4 nitrogen and oxygen atoms in total. The molecule has 3 N–H and O–H groups in total. The second-order valence-electron chi connectivity index (χ2n) is 16.9. The molecule has 0 aromatic heterocycles. The number of rotatable bonds is 45. The van der Waals surface area contributed by atoms with Crippen LogP contribution in [0, 0.1) is 0 Å². The van der Waals surface area contributed by atoms with Crippen molar-refractivity contribution >= 4 is 5.91 Å². The zero-order valence-corrected chi connectivity index (χ0v) is 37.2. The number of aliphatic hydroxyl groups is 2. The lowest BCUT2D eigenvalue weighted by Gasteiger charge is -2.22. The van der Waals surface area contributed by atoms with Crippen LogP contribution in [0.2, 0.25) is 0 Å². The molecule has 0 rings (SSSR count). The first-order valence-corrected chi connectivity index (χ1v) is 24.7. The number of unbranched alkanes of at least 4 members (excludes halogenated alkanes) is 32. The predicted octanol–water partition coefficient (Wildman–Crippen LogP) is 15.7. The van der Waals surface area contributed by atoms with Crippen LogP contribution in [-0.4, -0.2) is 34.9 Å². The van der Waals surface area contributed by atoms with E-state index in [-0.39, 0.29) is 12.5 Å². The Morgan fingerprint density at radius 2 is 0.745 bits per heavy atom. The molecule has 0 fully saturated rings. The van der Waals surface area contributed by atoms with E-state index in [0.717, 1.165) is 38.5 Å². The second kappa shape index (κ2) is 47.0. The van der Waals surface area contributed by atoms with E-state index < -0.39 is 12.1 Å². The van der Waals surface area contributed by atoms with Gasteiger partial charge in [-0.2, -0.15) is 0 Å². The molecule has 0 saturated heterocycles. The zero-order chi connectivity index (χ0) is 40.0. The number of carbonyl (C=O) groups is 1. The summed E-state index contributed by atoms with van der Waals surface area (Å²) >= 11 is 0. The van der Waals surface area contributed by atoms with E-state index >= 15 is 0 Å². The average molecular weight is 772 g/mol. The number of allylic oxidation sites excluding steroid dienone is 6.